The Balaban J connectivity index is 3.75. The van der Waals surface area contributed by atoms with Crippen LogP contribution in [0.1, 0.15) is 19.8 Å². The lowest BCUT2D eigenvalue weighted by atomic mass is 9.98. The number of rotatable bonds is 4. The molecular formula is C7H12N2O2. The number of nitrogens with zero attached hydrogens (tertiary/aromatic N) is 1. The summed E-state index contributed by atoms with van der Waals surface area (Å²) in [5.41, 5.74) is 5.29. The second kappa shape index (κ2) is 4.69. The molecule has 1 unspecified atom stereocenters. The molecule has 0 radical (unpaired) electrons. The summed E-state index contributed by atoms with van der Waals surface area (Å²) in [6, 6.07) is 1.10. The largest absolute Gasteiger partial charge is 0.480 e. The van der Waals surface area contributed by atoms with Gasteiger partial charge < -0.3 is 10.8 Å². The Morgan fingerprint density at radius 3 is 2.73 bits per heavy atom. The maximum atomic E-state index is 10.3. The van der Waals surface area contributed by atoms with Gasteiger partial charge in [-0.2, -0.15) is 5.26 Å². The van der Waals surface area contributed by atoms with Crippen LogP contribution in [0.3, 0.4) is 0 Å². The average Bonchev–Trinajstić information content (AvgIpc) is 1.98. The SMILES string of the molecule is CC(CCC#N)[C@@H](N)C(=O)O. The monoisotopic (exact) mass is 156 g/mol. The van der Waals surface area contributed by atoms with Crippen molar-refractivity contribution in [2.75, 3.05) is 0 Å². The lowest BCUT2D eigenvalue weighted by Gasteiger charge is -2.13. The van der Waals surface area contributed by atoms with Crippen molar-refractivity contribution in [3.05, 3.63) is 0 Å². The summed E-state index contributed by atoms with van der Waals surface area (Å²) in [5.74, 6) is -1.14. The van der Waals surface area contributed by atoms with Crippen LogP contribution in [0.25, 0.3) is 0 Å². The average molecular weight is 156 g/mol. The number of hydrogen-bond donors (Lipinski definition) is 2. The van der Waals surface area contributed by atoms with Crippen LogP contribution in [0.15, 0.2) is 0 Å². The number of hydrogen-bond acceptors (Lipinski definition) is 3. The van der Waals surface area contributed by atoms with E-state index in [1.165, 1.54) is 0 Å². The molecule has 0 aromatic rings. The van der Waals surface area contributed by atoms with Crippen LogP contribution in [0.4, 0.5) is 0 Å². The van der Waals surface area contributed by atoms with Crippen LogP contribution in [0.5, 0.6) is 0 Å². The Morgan fingerprint density at radius 1 is 1.82 bits per heavy atom. The Bertz CT molecular complexity index is 174. The van der Waals surface area contributed by atoms with Gasteiger partial charge in [0.1, 0.15) is 6.04 Å². The van der Waals surface area contributed by atoms with Crippen molar-refractivity contribution in [1.29, 1.82) is 5.26 Å². The molecule has 0 rings (SSSR count). The molecule has 0 spiro atoms. The number of carboxylic acids is 1. The molecule has 62 valence electrons. The first-order valence-electron chi connectivity index (χ1n) is 3.45. The van der Waals surface area contributed by atoms with E-state index in [9.17, 15) is 4.79 Å². The second-order valence-electron chi connectivity index (χ2n) is 2.54. The van der Waals surface area contributed by atoms with E-state index < -0.39 is 12.0 Å². The predicted molar refractivity (Wildman–Crippen MR) is 39.6 cm³/mol. The van der Waals surface area contributed by atoms with Gasteiger partial charge in [-0.05, 0) is 12.3 Å². The molecule has 0 aliphatic rings. The topological polar surface area (TPSA) is 87.1 Å². The number of carbonyl (C=O) groups is 1. The zero-order chi connectivity index (χ0) is 8.85. The predicted octanol–water partition coefficient (Wildman–Crippen LogP) is 0.338. The Labute approximate surface area is 65.6 Å². The number of nitriles is 1. The van der Waals surface area contributed by atoms with Gasteiger partial charge in [-0.25, -0.2) is 0 Å². The molecule has 0 saturated heterocycles. The molecule has 4 heteroatoms. The zero-order valence-electron chi connectivity index (χ0n) is 6.45. The molecule has 4 nitrogen and oxygen atoms in total. The van der Waals surface area contributed by atoms with Gasteiger partial charge in [0.15, 0.2) is 0 Å². The molecule has 0 fully saturated rings. The minimum atomic E-state index is -1.00. The summed E-state index contributed by atoms with van der Waals surface area (Å²) >= 11 is 0. The minimum Gasteiger partial charge on any atom is -0.480 e. The smallest absolute Gasteiger partial charge is 0.320 e. The number of nitrogens with two attached hydrogens (primary N) is 1. The molecule has 11 heavy (non-hydrogen) atoms. The molecule has 0 aromatic heterocycles. The first-order chi connectivity index (χ1) is 5.09. The normalized spacial score (nSPS) is 15.0. The van der Waals surface area contributed by atoms with Gasteiger partial charge in [-0.1, -0.05) is 6.92 Å². The molecule has 0 heterocycles. The van der Waals surface area contributed by atoms with E-state index in [0.29, 0.717) is 12.8 Å². The van der Waals surface area contributed by atoms with E-state index in [0.717, 1.165) is 0 Å². The fourth-order valence-corrected chi connectivity index (χ4v) is 0.715. The molecule has 0 aliphatic carbocycles. The molecule has 2 atom stereocenters. The Morgan fingerprint density at radius 2 is 2.36 bits per heavy atom. The summed E-state index contributed by atoms with van der Waals surface area (Å²) < 4.78 is 0. The van der Waals surface area contributed by atoms with E-state index in [4.69, 9.17) is 16.1 Å². The van der Waals surface area contributed by atoms with E-state index in [-0.39, 0.29) is 5.92 Å². The van der Waals surface area contributed by atoms with E-state index in [1.54, 1.807) is 6.92 Å². The summed E-state index contributed by atoms with van der Waals surface area (Å²) in [5, 5.41) is 16.6. The van der Waals surface area contributed by atoms with Crippen molar-refractivity contribution in [2.24, 2.45) is 11.7 Å². The molecule has 0 aromatic carbocycles. The third-order valence-corrected chi connectivity index (χ3v) is 1.61. The highest BCUT2D eigenvalue weighted by Gasteiger charge is 2.18. The lowest BCUT2D eigenvalue weighted by molar-refractivity contribution is -0.139. The van der Waals surface area contributed by atoms with Crippen LogP contribution >= 0.6 is 0 Å². The van der Waals surface area contributed by atoms with Gasteiger partial charge in [0.2, 0.25) is 0 Å². The van der Waals surface area contributed by atoms with Crippen LogP contribution in [-0.2, 0) is 4.79 Å². The molecule has 0 saturated carbocycles. The molecule has 3 N–H and O–H groups in total. The number of carboxylic acid groups (broad SMARTS) is 1. The second-order valence-corrected chi connectivity index (χ2v) is 2.54. The van der Waals surface area contributed by atoms with Gasteiger partial charge in [-0.15, -0.1) is 0 Å². The first kappa shape index (κ1) is 9.92. The van der Waals surface area contributed by atoms with Crippen molar-refractivity contribution in [3.8, 4) is 6.07 Å². The summed E-state index contributed by atoms with van der Waals surface area (Å²) in [7, 11) is 0. The maximum Gasteiger partial charge on any atom is 0.320 e. The first-order valence-corrected chi connectivity index (χ1v) is 3.45. The molecule has 0 amide bonds. The van der Waals surface area contributed by atoms with E-state index >= 15 is 0 Å². The van der Waals surface area contributed by atoms with Crippen molar-refractivity contribution >= 4 is 5.97 Å². The number of aliphatic carboxylic acids is 1. The van der Waals surface area contributed by atoms with Crippen molar-refractivity contribution in [1.82, 2.24) is 0 Å². The standard InChI is InChI=1S/C7H12N2O2/c1-5(3-2-4-8)6(9)7(10)11/h5-6H,2-3,9H2,1H3,(H,10,11)/t5?,6-/m1/s1. The quantitative estimate of drug-likeness (QED) is 0.614. The molecule has 0 aliphatic heterocycles. The highest BCUT2D eigenvalue weighted by Crippen LogP contribution is 2.08. The highest BCUT2D eigenvalue weighted by atomic mass is 16.4. The Hall–Kier alpha value is -1.08. The molecule has 0 bridgehead atoms. The van der Waals surface area contributed by atoms with Crippen LogP contribution < -0.4 is 5.73 Å². The van der Waals surface area contributed by atoms with Gasteiger partial charge in [0.25, 0.3) is 0 Å². The maximum absolute atomic E-state index is 10.3. The van der Waals surface area contributed by atoms with Gasteiger partial charge in [0.05, 0.1) is 6.07 Å². The summed E-state index contributed by atoms with van der Waals surface area (Å²) in [6.45, 7) is 1.73. The molecular weight excluding hydrogens is 144 g/mol. The van der Waals surface area contributed by atoms with Gasteiger partial charge in [-0.3, -0.25) is 4.79 Å². The van der Waals surface area contributed by atoms with E-state index in [2.05, 4.69) is 0 Å². The zero-order valence-corrected chi connectivity index (χ0v) is 6.45. The summed E-state index contributed by atoms with van der Waals surface area (Å²) in [6.07, 6.45) is 0.909. The van der Waals surface area contributed by atoms with Gasteiger partial charge in [0, 0.05) is 6.42 Å². The highest BCUT2D eigenvalue weighted by molar-refractivity contribution is 5.73. The van der Waals surface area contributed by atoms with Crippen LogP contribution in [0, 0.1) is 17.2 Å². The van der Waals surface area contributed by atoms with E-state index in [1.807, 2.05) is 6.07 Å². The van der Waals surface area contributed by atoms with Crippen molar-refractivity contribution in [2.45, 2.75) is 25.8 Å². The van der Waals surface area contributed by atoms with Crippen LogP contribution in [-0.4, -0.2) is 17.1 Å². The van der Waals surface area contributed by atoms with Crippen molar-refractivity contribution in [3.63, 3.8) is 0 Å². The fourth-order valence-electron chi connectivity index (χ4n) is 0.715. The minimum absolute atomic E-state index is 0.132. The van der Waals surface area contributed by atoms with Gasteiger partial charge >= 0.3 is 5.97 Å². The lowest BCUT2D eigenvalue weighted by Crippen LogP contribution is -2.36. The van der Waals surface area contributed by atoms with Crippen LogP contribution in [0.2, 0.25) is 0 Å². The van der Waals surface area contributed by atoms with Crippen molar-refractivity contribution < 1.29 is 9.90 Å². The summed E-state index contributed by atoms with van der Waals surface area (Å²) in [4.78, 5) is 10.3. The third-order valence-electron chi connectivity index (χ3n) is 1.61. The Kier molecular flexibility index (Phi) is 4.23. The fraction of sp³-hybridized carbons (Fsp3) is 0.714. The third kappa shape index (κ3) is 3.58.